The van der Waals surface area contributed by atoms with E-state index in [1.54, 1.807) is 12.4 Å². The molecule has 1 atom stereocenters. The number of carbonyl (C=O) groups is 1. The lowest BCUT2D eigenvalue weighted by Crippen LogP contribution is -2.38. The van der Waals surface area contributed by atoms with Crippen molar-refractivity contribution in [3.63, 3.8) is 0 Å². The Bertz CT molecular complexity index is 677. The maximum atomic E-state index is 12.6. The van der Waals surface area contributed by atoms with Gasteiger partial charge in [0.2, 0.25) is 0 Å². The number of aryl methyl sites for hydroxylation is 2. The van der Waals surface area contributed by atoms with E-state index in [1.807, 2.05) is 13.1 Å². The van der Waals surface area contributed by atoms with E-state index in [0.717, 1.165) is 30.9 Å². The lowest BCUT2D eigenvalue weighted by atomic mass is 9.91. The SMILES string of the molecule is CCn1ccnc1C(NC(=O)c1cnc(C)cn1)C1CCOCC1. The van der Waals surface area contributed by atoms with E-state index >= 15 is 0 Å². The van der Waals surface area contributed by atoms with E-state index in [4.69, 9.17) is 4.74 Å². The van der Waals surface area contributed by atoms with Gasteiger partial charge in [-0.25, -0.2) is 9.97 Å². The highest BCUT2D eigenvalue weighted by molar-refractivity contribution is 5.92. The van der Waals surface area contributed by atoms with E-state index in [2.05, 4.69) is 31.8 Å². The molecule has 1 unspecified atom stereocenters. The van der Waals surface area contributed by atoms with Gasteiger partial charge < -0.3 is 14.6 Å². The Labute approximate surface area is 141 Å². The number of hydrogen-bond donors (Lipinski definition) is 1. The van der Waals surface area contributed by atoms with Gasteiger partial charge in [-0.05, 0) is 32.6 Å². The van der Waals surface area contributed by atoms with Gasteiger partial charge in [-0.3, -0.25) is 9.78 Å². The van der Waals surface area contributed by atoms with Gasteiger partial charge >= 0.3 is 0 Å². The van der Waals surface area contributed by atoms with E-state index in [-0.39, 0.29) is 11.9 Å². The van der Waals surface area contributed by atoms with E-state index < -0.39 is 0 Å². The maximum absolute atomic E-state index is 12.6. The van der Waals surface area contributed by atoms with Crippen molar-refractivity contribution in [3.05, 3.63) is 42.0 Å². The molecule has 1 N–H and O–H groups in total. The average Bonchev–Trinajstić information content (AvgIpc) is 3.09. The second-order valence-corrected chi connectivity index (χ2v) is 6.02. The van der Waals surface area contributed by atoms with Crippen LogP contribution in [0.15, 0.2) is 24.8 Å². The van der Waals surface area contributed by atoms with Gasteiger partial charge in [0, 0.05) is 38.3 Å². The lowest BCUT2D eigenvalue weighted by Gasteiger charge is -2.30. The number of aromatic nitrogens is 4. The van der Waals surface area contributed by atoms with Gasteiger partial charge in [0.15, 0.2) is 0 Å². The predicted octanol–water partition coefficient (Wildman–Crippen LogP) is 1.90. The van der Waals surface area contributed by atoms with E-state index in [1.165, 1.54) is 6.20 Å². The highest BCUT2D eigenvalue weighted by Crippen LogP contribution is 2.29. The molecule has 7 nitrogen and oxygen atoms in total. The van der Waals surface area contributed by atoms with Crippen LogP contribution < -0.4 is 5.32 Å². The minimum atomic E-state index is -0.218. The first-order valence-electron chi connectivity index (χ1n) is 8.37. The summed E-state index contributed by atoms with van der Waals surface area (Å²) in [5.74, 6) is 0.969. The lowest BCUT2D eigenvalue weighted by molar-refractivity contribution is 0.0497. The first-order chi connectivity index (χ1) is 11.7. The monoisotopic (exact) mass is 329 g/mol. The fourth-order valence-corrected chi connectivity index (χ4v) is 3.03. The van der Waals surface area contributed by atoms with Gasteiger partial charge in [-0.15, -0.1) is 0 Å². The van der Waals surface area contributed by atoms with Crippen LogP contribution >= 0.6 is 0 Å². The van der Waals surface area contributed by atoms with E-state index in [9.17, 15) is 4.79 Å². The molecule has 0 bridgehead atoms. The van der Waals surface area contributed by atoms with Crippen LogP contribution in [0.2, 0.25) is 0 Å². The van der Waals surface area contributed by atoms with Crippen LogP contribution in [0, 0.1) is 12.8 Å². The van der Waals surface area contributed by atoms with Crippen LogP contribution in [0.1, 0.15) is 47.8 Å². The number of rotatable bonds is 5. The molecule has 3 heterocycles. The summed E-state index contributed by atoms with van der Waals surface area (Å²) < 4.78 is 7.53. The Hall–Kier alpha value is -2.28. The summed E-state index contributed by atoms with van der Waals surface area (Å²) in [4.78, 5) is 25.4. The molecule has 7 heteroatoms. The number of amides is 1. The molecule has 1 aliphatic heterocycles. The zero-order valence-corrected chi connectivity index (χ0v) is 14.1. The predicted molar refractivity (Wildman–Crippen MR) is 88.4 cm³/mol. The summed E-state index contributed by atoms with van der Waals surface area (Å²) in [6.07, 6.45) is 8.65. The van der Waals surface area contributed by atoms with Gasteiger partial charge in [-0.1, -0.05) is 0 Å². The number of imidazole rings is 1. The minimum absolute atomic E-state index is 0.153. The maximum Gasteiger partial charge on any atom is 0.272 e. The van der Waals surface area contributed by atoms with Crippen molar-refractivity contribution in [1.29, 1.82) is 0 Å². The third-order valence-electron chi connectivity index (χ3n) is 4.40. The summed E-state index contributed by atoms with van der Waals surface area (Å²) in [5, 5.41) is 3.12. The number of nitrogens with zero attached hydrogens (tertiary/aromatic N) is 4. The normalized spacial score (nSPS) is 16.8. The largest absolute Gasteiger partial charge is 0.381 e. The number of hydrogen-bond acceptors (Lipinski definition) is 5. The molecule has 1 saturated heterocycles. The van der Waals surface area contributed by atoms with Crippen molar-refractivity contribution in [1.82, 2.24) is 24.8 Å². The van der Waals surface area contributed by atoms with Crippen LogP contribution in [0.5, 0.6) is 0 Å². The van der Waals surface area contributed by atoms with Crippen molar-refractivity contribution in [2.75, 3.05) is 13.2 Å². The molecule has 1 fully saturated rings. The third kappa shape index (κ3) is 3.62. The topological polar surface area (TPSA) is 81.9 Å². The molecule has 0 aromatic carbocycles. The molecule has 2 aromatic heterocycles. The first kappa shape index (κ1) is 16.6. The molecule has 24 heavy (non-hydrogen) atoms. The van der Waals surface area contributed by atoms with Crippen molar-refractivity contribution in [3.8, 4) is 0 Å². The summed E-state index contributed by atoms with van der Waals surface area (Å²) in [6.45, 7) is 6.16. The Morgan fingerprint density at radius 3 is 2.79 bits per heavy atom. The zero-order valence-electron chi connectivity index (χ0n) is 14.1. The molecule has 3 rings (SSSR count). The molecule has 2 aromatic rings. The second kappa shape index (κ2) is 7.53. The summed E-state index contributed by atoms with van der Waals surface area (Å²) >= 11 is 0. The highest BCUT2D eigenvalue weighted by atomic mass is 16.5. The summed E-state index contributed by atoms with van der Waals surface area (Å²) in [6, 6.07) is -0.153. The minimum Gasteiger partial charge on any atom is -0.381 e. The highest BCUT2D eigenvalue weighted by Gasteiger charge is 2.30. The fourth-order valence-electron chi connectivity index (χ4n) is 3.03. The molecule has 128 valence electrons. The summed E-state index contributed by atoms with van der Waals surface area (Å²) in [5.41, 5.74) is 1.11. The van der Waals surface area contributed by atoms with Crippen molar-refractivity contribution in [2.24, 2.45) is 5.92 Å². The Morgan fingerprint density at radius 2 is 2.12 bits per heavy atom. The van der Waals surface area contributed by atoms with Crippen LogP contribution in [0.25, 0.3) is 0 Å². The van der Waals surface area contributed by atoms with Gasteiger partial charge in [0.1, 0.15) is 11.5 Å². The van der Waals surface area contributed by atoms with Crippen LogP contribution in [0.4, 0.5) is 0 Å². The van der Waals surface area contributed by atoms with Crippen molar-refractivity contribution in [2.45, 2.75) is 39.3 Å². The average molecular weight is 329 g/mol. The Balaban J connectivity index is 1.84. The first-order valence-corrected chi connectivity index (χ1v) is 8.37. The molecule has 0 spiro atoms. The number of ether oxygens (including phenoxy) is 1. The molecule has 0 aliphatic carbocycles. The van der Waals surface area contributed by atoms with Crippen LogP contribution in [0.3, 0.4) is 0 Å². The standard InChI is InChI=1S/C17H23N5O2/c1-3-22-7-6-18-16(22)15(13-4-8-24-9-5-13)21-17(23)14-11-19-12(2)10-20-14/h6-7,10-11,13,15H,3-5,8-9H2,1-2H3,(H,21,23). The molecule has 1 amide bonds. The number of nitrogens with one attached hydrogen (secondary N) is 1. The third-order valence-corrected chi connectivity index (χ3v) is 4.40. The van der Waals surface area contributed by atoms with Gasteiger partial charge in [0.25, 0.3) is 5.91 Å². The van der Waals surface area contributed by atoms with E-state index in [0.29, 0.717) is 24.8 Å². The van der Waals surface area contributed by atoms with Gasteiger partial charge in [-0.2, -0.15) is 0 Å². The van der Waals surface area contributed by atoms with Crippen LogP contribution in [-0.2, 0) is 11.3 Å². The molecule has 0 radical (unpaired) electrons. The Kier molecular flexibility index (Phi) is 5.20. The zero-order chi connectivity index (χ0) is 16.9. The Morgan fingerprint density at radius 1 is 1.33 bits per heavy atom. The fraction of sp³-hybridized carbons (Fsp3) is 0.529. The smallest absolute Gasteiger partial charge is 0.272 e. The number of carbonyl (C=O) groups excluding carboxylic acids is 1. The molecule has 1 aliphatic rings. The molecular weight excluding hydrogens is 306 g/mol. The van der Waals surface area contributed by atoms with Crippen molar-refractivity contribution < 1.29 is 9.53 Å². The molecule has 0 saturated carbocycles. The van der Waals surface area contributed by atoms with Crippen molar-refractivity contribution >= 4 is 5.91 Å². The van der Waals surface area contributed by atoms with Gasteiger partial charge in [0.05, 0.1) is 17.9 Å². The molecular formula is C17H23N5O2. The second-order valence-electron chi connectivity index (χ2n) is 6.02. The quantitative estimate of drug-likeness (QED) is 0.906. The summed E-state index contributed by atoms with van der Waals surface area (Å²) in [7, 11) is 0. The van der Waals surface area contributed by atoms with Crippen LogP contribution in [-0.4, -0.2) is 38.6 Å².